The van der Waals surface area contributed by atoms with E-state index < -0.39 is 0 Å². The molecule has 0 atom stereocenters. The third-order valence-corrected chi connectivity index (χ3v) is 11.0. The minimum absolute atomic E-state index is 0.0621. The Bertz CT molecular complexity index is 2600. The fourth-order valence-electron chi connectivity index (χ4n) is 7.90. The molecule has 2 heteroatoms. The monoisotopic (exact) mass is 847 g/mol. The molecule has 2 N–H and O–H groups in total. The first-order chi connectivity index (χ1) is 31.1. The Labute approximate surface area is 387 Å². The summed E-state index contributed by atoms with van der Waals surface area (Å²) in [6.07, 6.45) is 34.4. The van der Waals surface area contributed by atoms with Crippen molar-refractivity contribution in [2.45, 2.75) is 93.4 Å². The van der Waals surface area contributed by atoms with Crippen LogP contribution >= 0.6 is 0 Å². The SMILES string of the molecule is C=C/C=C(N)\C=C/C.C=C/C=C\C.C=C1/C=C(/c2ccc3c(c2)c2cc4c(cc2n3C=CC/C=C(\C=C/C)c2ccccc2)C(C)(C)c2ccccc2-4)C/C=C\CCC1=C.CC.CC. The van der Waals surface area contributed by atoms with Crippen molar-refractivity contribution in [3.63, 3.8) is 0 Å². The van der Waals surface area contributed by atoms with E-state index in [2.05, 4.69) is 185 Å². The highest BCUT2D eigenvalue weighted by Crippen LogP contribution is 2.50. The summed E-state index contributed by atoms with van der Waals surface area (Å²) in [6.45, 7) is 34.3. The van der Waals surface area contributed by atoms with Gasteiger partial charge in [-0.1, -0.05) is 201 Å². The van der Waals surface area contributed by atoms with Crippen LogP contribution in [-0.4, -0.2) is 4.57 Å². The van der Waals surface area contributed by atoms with Crippen LogP contribution in [0.2, 0.25) is 0 Å². The molecule has 0 amide bonds. The summed E-state index contributed by atoms with van der Waals surface area (Å²) in [5, 5.41) is 2.56. The predicted molar refractivity (Wildman–Crippen MR) is 290 cm³/mol. The minimum atomic E-state index is -0.0621. The lowest BCUT2D eigenvalue weighted by Crippen LogP contribution is -2.14. The molecule has 64 heavy (non-hydrogen) atoms. The maximum atomic E-state index is 5.40. The van der Waals surface area contributed by atoms with Crippen molar-refractivity contribution < 1.29 is 0 Å². The van der Waals surface area contributed by atoms with E-state index in [1.165, 1.54) is 66.3 Å². The Balaban J connectivity index is 0.000000552. The molecule has 1 heterocycles. The van der Waals surface area contributed by atoms with Gasteiger partial charge in [-0.15, -0.1) is 0 Å². The number of benzene rings is 4. The first-order valence-electron chi connectivity index (χ1n) is 23.0. The molecule has 0 radical (unpaired) electrons. The summed E-state index contributed by atoms with van der Waals surface area (Å²) in [6, 6.07) is 31.4. The summed E-state index contributed by atoms with van der Waals surface area (Å²) in [5.74, 6) is 0. The Kier molecular flexibility index (Phi) is 21.6. The van der Waals surface area contributed by atoms with Crippen LogP contribution in [0.15, 0.2) is 213 Å². The summed E-state index contributed by atoms with van der Waals surface area (Å²) >= 11 is 0. The van der Waals surface area contributed by atoms with E-state index in [-0.39, 0.29) is 5.41 Å². The highest BCUT2D eigenvalue weighted by Gasteiger charge is 2.36. The maximum absolute atomic E-state index is 5.40. The van der Waals surface area contributed by atoms with E-state index in [9.17, 15) is 0 Å². The zero-order valence-electron chi connectivity index (χ0n) is 40.4. The molecule has 1 aromatic heterocycles. The molecular formula is C62H74N2. The van der Waals surface area contributed by atoms with Gasteiger partial charge in [-0.3, -0.25) is 0 Å². The predicted octanol–water partition coefficient (Wildman–Crippen LogP) is 18.2. The lowest BCUT2D eigenvalue weighted by Gasteiger charge is -2.21. The second-order valence-electron chi connectivity index (χ2n) is 15.5. The third kappa shape index (κ3) is 13.2. The number of allylic oxidation sites excluding steroid dienone is 18. The van der Waals surface area contributed by atoms with Crippen molar-refractivity contribution in [2.24, 2.45) is 5.73 Å². The number of fused-ring (bicyclic) bond motifs is 6. The van der Waals surface area contributed by atoms with Crippen molar-refractivity contribution in [3.05, 3.63) is 235 Å². The second kappa shape index (κ2) is 26.7. The van der Waals surface area contributed by atoms with Crippen LogP contribution in [0, 0.1) is 0 Å². The van der Waals surface area contributed by atoms with E-state index in [1.54, 1.807) is 18.2 Å². The second-order valence-corrected chi connectivity index (χ2v) is 15.5. The van der Waals surface area contributed by atoms with Crippen molar-refractivity contribution in [2.75, 3.05) is 0 Å². The fraction of sp³-hybridized carbons (Fsp3) is 0.226. The molecule has 2 aliphatic carbocycles. The average molecular weight is 847 g/mol. The van der Waals surface area contributed by atoms with Crippen LogP contribution in [0.1, 0.15) is 110 Å². The van der Waals surface area contributed by atoms with Crippen molar-refractivity contribution in [1.82, 2.24) is 4.57 Å². The summed E-state index contributed by atoms with van der Waals surface area (Å²) in [4.78, 5) is 0. The zero-order valence-corrected chi connectivity index (χ0v) is 40.4. The van der Waals surface area contributed by atoms with Gasteiger partial charge in [0.25, 0.3) is 0 Å². The van der Waals surface area contributed by atoms with Crippen LogP contribution in [0.4, 0.5) is 0 Å². The van der Waals surface area contributed by atoms with Crippen molar-refractivity contribution >= 4 is 39.2 Å². The molecule has 0 unspecified atom stereocenters. The smallest absolute Gasteiger partial charge is 0.0538 e. The van der Waals surface area contributed by atoms with Crippen LogP contribution in [0.5, 0.6) is 0 Å². The van der Waals surface area contributed by atoms with Crippen molar-refractivity contribution in [1.29, 1.82) is 0 Å². The van der Waals surface area contributed by atoms with Gasteiger partial charge in [0, 0.05) is 28.1 Å². The molecular weight excluding hydrogens is 773 g/mol. The number of rotatable bonds is 9. The molecule has 4 aromatic carbocycles. The molecule has 5 aromatic rings. The van der Waals surface area contributed by atoms with Crippen LogP contribution in [-0.2, 0) is 5.41 Å². The van der Waals surface area contributed by atoms with E-state index in [0.29, 0.717) is 0 Å². The van der Waals surface area contributed by atoms with Crippen LogP contribution < -0.4 is 5.73 Å². The quantitative estimate of drug-likeness (QED) is 0.116. The third-order valence-electron chi connectivity index (χ3n) is 11.0. The topological polar surface area (TPSA) is 30.9 Å². The summed E-state index contributed by atoms with van der Waals surface area (Å²) < 4.78 is 2.40. The highest BCUT2D eigenvalue weighted by molar-refractivity contribution is 6.12. The van der Waals surface area contributed by atoms with Gasteiger partial charge in [0.1, 0.15) is 0 Å². The number of aromatic nitrogens is 1. The van der Waals surface area contributed by atoms with E-state index in [0.717, 1.165) is 42.5 Å². The molecule has 0 spiro atoms. The van der Waals surface area contributed by atoms with E-state index in [4.69, 9.17) is 5.73 Å². The van der Waals surface area contributed by atoms with Crippen LogP contribution in [0.25, 0.3) is 50.3 Å². The van der Waals surface area contributed by atoms with Gasteiger partial charge < -0.3 is 10.3 Å². The Morgan fingerprint density at radius 2 is 1.42 bits per heavy atom. The Hall–Kier alpha value is -6.64. The summed E-state index contributed by atoms with van der Waals surface area (Å²) in [5.41, 5.74) is 21.2. The first kappa shape index (κ1) is 51.7. The molecule has 2 nitrogen and oxygen atoms in total. The fourth-order valence-corrected chi connectivity index (χ4v) is 7.90. The van der Waals surface area contributed by atoms with Gasteiger partial charge in [-0.25, -0.2) is 0 Å². The molecule has 0 saturated heterocycles. The highest BCUT2D eigenvalue weighted by atomic mass is 15.0. The molecule has 0 saturated carbocycles. The van der Waals surface area contributed by atoms with E-state index in [1.807, 2.05) is 65.8 Å². The standard InChI is InChI=1S/C46H43N.C7H11N.C5H8.2C2H6/c1-6-17-34(35-19-10-8-11-20-35)21-15-16-27-47-44-26-25-37(36-22-12-7-9-18-32(2)33(3)28-36)29-40(44)41-30-39-38-23-13-14-24-42(38)46(4,5)43(39)31-45(41)47;1-3-5-7(8)6-4-2;1-3-5-4-2;2*1-2/h6-8,10-14,16-17,19-21,23-31H,2-3,9,15,18,22H2,1,4-5H3;3-6H,1,8H2,2H3;3-5H,1H2,2H3;2*1-2H3/b12-7-,17-6-,27-16?,34-21+,36-28+;6-4-,7-5+;5-4-;;. The van der Waals surface area contributed by atoms with Crippen molar-refractivity contribution in [3.8, 4) is 11.1 Å². The number of nitrogens with two attached hydrogens (primary N) is 1. The molecule has 0 bridgehead atoms. The molecule has 332 valence electrons. The zero-order chi connectivity index (χ0) is 47.1. The lowest BCUT2D eigenvalue weighted by atomic mass is 9.82. The summed E-state index contributed by atoms with van der Waals surface area (Å²) in [7, 11) is 0. The number of hydrogen-bond donors (Lipinski definition) is 1. The number of nitrogens with zero attached hydrogens (tertiary/aromatic N) is 1. The Morgan fingerprint density at radius 1 is 0.734 bits per heavy atom. The largest absolute Gasteiger partial charge is 0.399 e. The minimum Gasteiger partial charge on any atom is -0.399 e. The Morgan fingerprint density at radius 3 is 2.08 bits per heavy atom. The molecule has 2 aliphatic rings. The molecule has 0 fully saturated rings. The first-order valence-corrected chi connectivity index (χ1v) is 23.0. The number of hydrogen-bond acceptors (Lipinski definition) is 1. The van der Waals surface area contributed by atoms with E-state index >= 15 is 0 Å². The molecule has 0 aliphatic heterocycles. The van der Waals surface area contributed by atoms with Gasteiger partial charge in [0.2, 0.25) is 0 Å². The lowest BCUT2D eigenvalue weighted by molar-refractivity contribution is 0.661. The maximum Gasteiger partial charge on any atom is 0.0538 e. The van der Waals surface area contributed by atoms with Crippen LogP contribution in [0.3, 0.4) is 0 Å². The van der Waals surface area contributed by atoms with Gasteiger partial charge in [0.05, 0.1) is 11.0 Å². The normalized spacial score (nSPS) is 15.9. The van der Waals surface area contributed by atoms with Gasteiger partial charge in [-0.05, 0) is 139 Å². The van der Waals surface area contributed by atoms with Gasteiger partial charge in [-0.2, -0.15) is 0 Å². The average Bonchev–Trinajstić information content (AvgIpc) is 3.77. The van der Waals surface area contributed by atoms with Gasteiger partial charge in [0.15, 0.2) is 0 Å². The molecule has 7 rings (SSSR count). The van der Waals surface area contributed by atoms with Gasteiger partial charge >= 0.3 is 0 Å².